The van der Waals surface area contributed by atoms with E-state index < -0.39 is 17.6 Å². The van der Waals surface area contributed by atoms with Crippen LogP contribution in [0, 0.1) is 5.41 Å². The zero-order valence-electron chi connectivity index (χ0n) is 10.2. The molecule has 1 aliphatic rings. The van der Waals surface area contributed by atoms with Crippen molar-refractivity contribution in [2.24, 2.45) is 11.1 Å². The second-order valence-electron chi connectivity index (χ2n) is 4.50. The molecule has 1 rings (SSSR count). The van der Waals surface area contributed by atoms with Crippen molar-refractivity contribution in [1.82, 2.24) is 4.90 Å². The first-order valence-electron chi connectivity index (χ1n) is 5.84. The molecule has 1 aliphatic heterocycles. The number of amides is 1. The third-order valence-electron chi connectivity index (χ3n) is 3.63. The largest absolute Gasteiger partial charge is 0.392 e. The molecule has 6 heteroatoms. The molecule has 4 N–H and O–H groups in total. The Hall–Kier alpha value is -0.720. The Kier molecular flexibility index (Phi) is 4.46. The molecular weight excluding hydrogens is 240 g/mol. The molecule has 1 heterocycles. The van der Waals surface area contributed by atoms with Gasteiger partial charge in [0, 0.05) is 13.1 Å². The maximum atomic E-state index is 12.4. The Balaban J connectivity index is 2.91. The second-order valence-corrected chi connectivity index (χ2v) is 4.94. The fourth-order valence-electron chi connectivity index (χ4n) is 2.24. The average Bonchev–Trinajstić information content (AvgIpc) is 2.61. The van der Waals surface area contributed by atoms with Crippen LogP contribution in [-0.2, 0) is 4.79 Å². The van der Waals surface area contributed by atoms with E-state index in [-0.39, 0.29) is 24.0 Å². The molecule has 1 saturated heterocycles. The molecule has 0 aromatic carbocycles. The van der Waals surface area contributed by atoms with Crippen LogP contribution in [0.15, 0.2) is 0 Å². The minimum absolute atomic E-state index is 0.143. The molecule has 0 saturated carbocycles. The standard InChI is InChI=1S/C11H20N2O3S/c1-3-11(4-2,9(12)17)10(16)13-5-7(14)8(15)6-13/h7-8,14-15H,3-6H2,1-2H3,(H2,12,17). The smallest absolute Gasteiger partial charge is 0.235 e. The van der Waals surface area contributed by atoms with Crippen molar-refractivity contribution in [3.63, 3.8) is 0 Å². The van der Waals surface area contributed by atoms with E-state index >= 15 is 0 Å². The summed E-state index contributed by atoms with van der Waals surface area (Å²) in [5.74, 6) is -0.189. The first-order valence-corrected chi connectivity index (χ1v) is 6.25. The summed E-state index contributed by atoms with van der Waals surface area (Å²) in [6.45, 7) is 4.02. The maximum absolute atomic E-state index is 12.4. The summed E-state index contributed by atoms with van der Waals surface area (Å²) in [5, 5.41) is 18.9. The summed E-state index contributed by atoms with van der Waals surface area (Å²) in [7, 11) is 0. The lowest BCUT2D eigenvalue weighted by Gasteiger charge is -2.33. The fraction of sp³-hybridized carbons (Fsp3) is 0.818. The average molecular weight is 260 g/mol. The van der Waals surface area contributed by atoms with Gasteiger partial charge in [-0.2, -0.15) is 0 Å². The van der Waals surface area contributed by atoms with Crippen LogP contribution in [0.25, 0.3) is 0 Å². The highest BCUT2D eigenvalue weighted by Gasteiger charge is 2.44. The molecule has 17 heavy (non-hydrogen) atoms. The van der Waals surface area contributed by atoms with E-state index in [2.05, 4.69) is 0 Å². The molecule has 0 aromatic heterocycles. The number of nitrogens with zero attached hydrogens (tertiary/aromatic N) is 1. The van der Waals surface area contributed by atoms with Crippen molar-refractivity contribution in [2.45, 2.75) is 38.9 Å². The van der Waals surface area contributed by atoms with Gasteiger partial charge in [0.2, 0.25) is 5.91 Å². The zero-order chi connectivity index (χ0) is 13.2. The molecule has 98 valence electrons. The minimum Gasteiger partial charge on any atom is -0.392 e. The zero-order valence-corrected chi connectivity index (χ0v) is 11.0. The lowest BCUT2D eigenvalue weighted by molar-refractivity contribution is -0.138. The molecule has 0 spiro atoms. The van der Waals surface area contributed by atoms with E-state index in [9.17, 15) is 15.0 Å². The van der Waals surface area contributed by atoms with Crippen molar-refractivity contribution < 1.29 is 15.0 Å². The lowest BCUT2D eigenvalue weighted by atomic mass is 9.81. The third-order valence-corrected chi connectivity index (χ3v) is 4.03. The number of likely N-dealkylation sites (tertiary alicyclic amines) is 1. The normalized spacial score (nSPS) is 25.1. The summed E-state index contributed by atoms with van der Waals surface area (Å²) in [6, 6.07) is 0. The fourth-order valence-corrected chi connectivity index (χ4v) is 2.62. The van der Waals surface area contributed by atoms with Crippen LogP contribution in [0.5, 0.6) is 0 Å². The molecule has 2 atom stereocenters. The topological polar surface area (TPSA) is 86.8 Å². The molecule has 2 unspecified atom stereocenters. The van der Waals surface area contributed by atoms with Crippen LogP contribution in [-0.4, -0.2) is 51.3 Å². The van der Waals surface area contributed by atoms with Gasteiger partial charge in [0.05, 0.1) is 22.6 Å². The molecule has 0 radical (unpaired) electrons. The van der Waals surface area contributed by atoms with Crippen LogP contribution < -0.4 is 5.73 Å². The summed E-state index contributed by atoms with van der Waals surface area (Å²) in [6.07, 6.45) is -0.700. The number of rotatable bonds is 4. The number of carbonyl (C=O) groups is 1. The van der Waals surface area contributed by atoms with Crippen LogP contribution in [0.2, 0.25) is 0 Å². The molecule has 1 fully saturated rings. The number of thiocarbonyl (C=S) groups is 1. The molecule has 0 aliphatic carbocycles. The lowest BCUT2D eigenvalue weighted by Crippen LogP contribution is -2.49. The predicted octanol–water partition coefficient (Wildman–Crippen LogP) is -0.357. The van der Waals surface area contributed by atoms with Gasteiger partial charge in [-0.1, -0.05) is 26.1 Å². The van der Waals surface area contributed by atoms with E-state index in [1.54, 1.807) is 0 Å². The van der Waals surface area contributed by atoms with Crippen LogP contribution >= 0.6 is 12.2 Å². The van der Waals surface area contributed by atoms with Gasteiger partial charge in [0.15, 0.2) is 0 Å². The van der Waals surface area contributed by atoms with E-state index in [4.69, 9.17) is 18.0 Å². The van der Waals surface area contributed by atoms with Gasteiger partial charge in [0.25, 0.3) is 0 Å². The van der Waals surface area contributed by atoms with E-state index in [1.807, 2.05) is 13.8 Å². The summed E-state index contributed by atoms with van der Waals surface area (Å²) >= 11 is 5.00. The van der Waals surface area contributed by atoms with Gasteiger partial charge >= 0.3 is 0 Å². The van der Waals surface area contributed by atoms with Crippen molar-refractivity contribution in [2.75, 3.05) is 13.1 Å². The number of hydrogen-bond donors (Lipinski definition) is 3. The SMILES string of the molecule is CCC(CC)(C(=O)N1CC(O)C(O)C1)C(N)=S. The quantitative estimate of drug-likeness (QED) is 0.601. The van der Waals surface area contributed by atoms with Crippen molar-refractivity contribution in [1.29, 1.82) is 0 Å². The highest BCUT2D eigenvalue weighted by atomic mass is 32.1. The van der Waals surface area contributed by atoms with E-state index in [0.717, 1.165) is 0 Å². The Morgan fingerprint density at radius 2 is 1.76 bits per heavy atom. The minimum atomic E-state index is -0.878. The third kappa shape index (κ3) is 2.43. The first-order chi connectivity index (χ1) is 7.89. The van der Waals surface area contributed by atoms with Crippen LogP contribution in [0.1, 0.15) is 26.7 Å². The Bertz CT molecular complexity index is 308. The predicted molar refractivity (Wildman–Crippen MR) is 68.4 cm³/mol. The molecule has 0 aromatic rings. The number of nitrogens with two attached hydrogens (primary N) is 1. The first kappa shape index (κ1) is 14.3. The van der Waals surface area contributed by atoms with Crippen LogP contribution in [0.4, 0.5) is 0 Å². The molecule has 0 bridgehead atoms. The van der Waals surface area contributed by atoms with Crippen LogP contribution in [0.3, 0.4) is 0 Å². The summed E-state index contributed by atoms with van der Waals surface area (Å²) in [5.41, 5.74) is 4.84. The van der Waals surface area contributed by atoms with Crippen molar-refractivity contribution in [3.8, 4) is 0 Å². The summed E-state index contributed by atoms with van der Waals surface area (Å²) < 4.78 is 0. The Labute approximate surface area is 107 Å². The Morgan fingerprint density at radius 1 is 1.35 bits per heavy atom. The van der Waals surface area contributed by atoms with Gasteiger partial charge in [-0.25, -0.2) is 0 Å². The van der Waals surface area contributed by atoms with Gasteiger partial charge in [-0.3, -0.25) is 4.79 Å². The van der Waals surface area contributed by atoms with Gasteiger partial charge in [-0.05, 0) is 12.8 Å². The Morgan fingerprint density at radius 3 is 2.06 bits per heavy atom. The van der Waals surface area contributed by atoms with Crippen molar-refractivity contribution in [3.05, 3.63) is 0 Å². The highest BCUT2D eigenvalue weighted by Crippen LogP contribution is 2.31. The van der Waals surface area contributed by atoms with E-state index in [1.165, 1.54) is 4.90 Å². The highest BCUT2D eigenvalue weighted by molar-refractivity contribution is 7.80. The van der Waals surface area contributed by atoms with E-state index in [0.29, 0.717) is 12.8 Å². The monoisotopic (exact) mass is 260 g/mol. The number of hydrogen-bond acceptors (Lipinski definition) is 4. The van der Waals surface area contributed by atoms with Gasteiger partial charge in [-0.15, -0.1) is 0 Å². The maximum Gasteiger partial charge on any atom is 0.235 e. The van der Waals surface area contributed by atoms with Gasteiger partial charge in [0.1, 0.15) is 0 Å². The molecule has 5 nitrogen and oxygen atoms in total. The summed E-state index contributed by atoms with van der Waals surface area (Å²) in [4.78, 5) is 14.0. The molecule has 1 amide bonds. The van der Waals surface area contributed by atoms with Crippen molar-refractivity contribution >= 4 is 23.1 Å². The number of aliphatic hydroxyl groups is 2. The number of aliphatic hydroxyl groups excluding tert-OH is 2. The number of β-amino-alcohol motifs (C(OH)–C–C–N with tert-alkyl or cyclic N) is 2. The second kappa shape index (κ2) is 5.29. The van der Waals surface area contributed by atoms with Gasteiger partial charge < -0.3 is 20.8 Å². The molecular formula is C11H20N2O3S. The number of carbonyl (C=O) groups excluding carboxylic acids is 1.